The Bertz CT molecular complexity index is 210. The van der Waals surface area contributed by atoms with Gasteiger partial charge in [-0.1, -0.05) is 6.58 Å². The predicted octanol–water partition coefficient (Wildman–Crippen LogP) is 1.06. The van der Waals surface area contributed by atoms with Crippen molar-refractivity contribution in [1.82, 2.24) is 0 Å². The van der Waals surface area contributed by atoms with E-state index in [1.54, 1.807) is 6.92 Å². The van der Waals surface area contributed by atoms with Gasteiger partial charge in [0, 0.05) is 13.8 Å². The molecule has 4 heteroatoms. The van der Waals surface area contributed by atoms with Gasteiger partial charge in [-0.05, 0) is 13.0 Å². The molecule has 0 N–H and O–H groups in total. The van der Waals surface area contributed by atoms with Crippen LogP contribution in [0.25, 0.3) is 0 Å². The molecule has 2 unspecified atom stereocenters. The van der Waals surface area contributed by atoms with Gasteiger partial charge in [0.1, 0.15) is 6.10 Å². The molecular formula is C9H14O4. The van der Waals surface area contributed by atoms with Gasteiger partial charge in [0.05, 0.1) is 0 Å². The summed E-state index contributed by atoms with van der Waals surface area (Å²) in [6.07, 6.45) is 0.343. The van der Waals surface area contributed by atoms with Crippen LogP contribution in [0.15, 0.2) is 12.7 Å². The summed E-state index contributed by atoms with van der Waals surface area (Å²) < 4.78 is 9.64. The highest BCUT2D eigenvalue weighted by molar-refractivity contribution is 5.67. The highest BCUT2D eigenvalue weighted by atomic mass is 16.6. The molecule has 0 radical (unpaired) electrons. The minimum absolute atomic E-state index is 0.411. The summed E-state index contributed by atoms with van der Waals surface area (Å²) in [4.78, 5) is 21.2. The number of ether oxygens (including phenoxy) is 2. The largest absolute Gasteiger partial charge is 0.459 e. The average Bonchev–Trinajstić information content (AvgIpc) is 1.98. The van der Waals surface area contributed by atoms with Crippen LogP contribution < -0.4 is 0 Å². The van der Waals surface area contributed by atoms with Crippen LogP contribution in [0.2, 0.25) is 0 Å². The Morgan fingerprint density at radius 2 is 1.69 bits per heavy atom. The van der Waals surface area contributed by atoms with Gasteiger partial charge >= 0.3 is 11.9 Å². The molecule has 0 amide bonds. The Hall–Kier alpha value is -1.32. The van der Waals surface area contributed by atoms with Gasteiger partial charge in [0.15, 0.2) is 6.10 Å². The van der Waals surface area contributed by atoms with Gasteiger partial charge in [-0.2, -0.15) is 0 Å². The van der Waals surface area contributed by atoms with Crippen molar-refractivity contribution in [1.29, 1.82) is 0 Å². The molecule has 0 fully saturated rings. The summed E-state index contributed by atoms with van der Waals surface area (Å²) >= 11 is 0. The lowest BCUT2D eigenvalue weighted by Crippen LogP contribution is -2.30. The predicted molar refractivity (Wildman–Crippen MR) is 47.0 cm³/mol. The van der Waals surface area contributed by atoms with E-state index in [-0.39, 0.29) is 0 Å². The molecule has 0 aromatic heterocycles. The van der Waals surface area contributed by atoms with Gasteiger partial charge in [-0.3, -0.25) is 9.59 Å². The molecule has 0 aromatic rings. The number of rotatable bonds is 4. The monoisotopic (exact) mass is 186 g/mol. The fourth-order valence-electron chi connectivity index (χ4n) is 0.856. The van der Waals surface area contributed by atoms with E-state index < -0.39 is 24.1 Å². The zero-order valence-corrected chi connectivity index (χ0v) is 8.07. The maximum atomic E-state index is 10.6. The Labute approximate surface area is 77.5 Å². The number of carbonyl (C=O) groups is 2. The second-order valence-electron chi connectivity index (χ2n) is 2.62. The number of carbonyl (C=O) groups excluding carboxylic acids is 2. The fraction of sp³-hybridized carbons (Fsp3) is 0.556. The summed E-state index contributed by atoms with van der Waals surface area (Å²) in [5.74, 6) is -0.838. The third kappa shape index (κ3) is 5.00. The Morgan fingerprint density at radius 1 is 1.23 bits per heavy atom. The van der Waals surface area contributed by atoms with E-state index in [4.69, 9.17) is 9.47 Å². The van der Waals surface area contributed by atoms with Crippen LogP contribution in [0, 0.1) is 0 Å². The Kier molecular flexibility index (Phi) is 4.80. The van der Waals surface area contributed by atoms with E-state index in [0.717, 1.165) is 0 Å². The topological polar surface area (TPSA) is 52.6 Å². The zero-order chi connectivity index (χ0) is 10.4. The molecular weight excluding hydrogens is 172 g/mol. The maximum Gasteiger partial charge on any atom is 0.303 e. The number of hydrogen-bond acceptors (Lipinski definition) is 4. The second-order valence-corrected chi connectivity index (χ2v) is 2.62. The summed E-state index contributed by atoms with van der Waals surface area (Å²) in [5, 5.41) is 0. The van der Waals surface area contributed by atoms with E-state index in [2.05, 4.69) is 6.58 Å². The van der Waals surface area contributed by atoms with Crippen LogP contribution in [-0.4, -0.2) is 24.1 Å². The van der Waals surface area contributed by atoms with Crippen LogP contribution in [0.5, 0.6) is 0 Å². The minimum atomic E-state index is -0.582. The quantitative estimate of drug-likeness (QED) is 0.486. The smallest absolute Gasteiger partial charge is 0.303 e. The van der Waals surface area contributed by atoms with E-state index in [9.17, 15) is 9.59 Å². The zero-order valence-electron chi connectivity index (χ0n) is 8.07. The lowest BCUT2D eigenvalue weighted by molar-refractivity contribution is -0.160. The molecule has 0 saturated carbocycles. The molecule has 0 aliphatic rings. The van der Waals surface area contributed by atoms with Crippen molar-refractivity contribution >= 4 is 11.9 Å². The second kappa shape index (κ2) is 5.35. The molecule has 4 nitrogen and oxygen atoms in total. The fourth-order valence-corrected chi connectivity index (χ4v) is 0.856. The molecule has 0 aromatic carbocycles. The lowest BCUT2D eigenvalue weighted by Gasteiger charge is -2.19. The van der Waals surface area contributed by atoms with E-state index in [1.165, 1.54) is 19.9 Å². The summed E-state index contributed by atoms with van der Waals surface area (Å²) in [6.45, 7) is 7.69. The first kappa shape index (κ1) is 11.7. The third-order valence-electron chi connectivity index (χ3n) is 1.35. The molecule has 2 atom stereocenters. The number of esters is 2. The van der Waals surface area contributed by atoms with Gasteiger partial charge in [0.2, 0.25) is 0 Å². The van der Waals surface area contributed by atoms with Crippen molar-refractivity contribution in [2.75, 3.05) is 0 Å². The normalized spacial score (nSPS) is 14.1. The molecule has 0 bridgehead atoms. The highest BCUT2D eigenvalue weighted by Crippen LogP contribution is 2.05. The van der Waals surface area contributed by atoms with Gasteiger partial charge in [-0.25, -0.2) is 0 Å². The van der Waals surface area contributed by atoms with Crippen molar-refractivity contribution < 1.29 is 19.1 Å². The molecule has 0 aliphatic carbocycles. The van der Waals surface area contributed by atoms with Gasteiger partial charge < -0.3 is 9.47 Å². The maximum absolute atomic E-state index is 10.6. The third-order valence-corrected chi connectivity index (χ3v) is 1.35. The van der Waals surface area contributed by atoms with Crippen LogP contribution in [0.4, 0.5) is 0 Å². The summed E-state index contributed by atoms with van der Waals surface area (Å²) in [5.41, 5.74) is 0. The first-order valence-corrected chi connectivity index (χ1v) is 3.94. The van der Waals surface area contributed by atoms with Crippen molar-refractivity contribution in [3.8, 4) is 0 Å². The first-order valence-electron chi connectivity index (χ1n) is 3.94. The first-order chi connectivity index (χ1) is 5.97. The molecule has 0 spiro atoms. The average molecular weight is 186 g/mol. The van der Waals surface area contributed by atoms with Crippen molar-refractivity contribution in [2.24, 2.45) is 0 Å². The Balaban J connectivity index is 4.14. The van der Waals surface area contributed by atoms with Crippen molar-refractivity contribution in [2.45, 2.75) is 33.0 Å². The van der Waals surface area contributed by atoms with Gasteiger partial charge in [0.25, 0.3) is 0 Å². The molecule has 0 saturated heterocycles. The Morgan fingerprint density at radius 3 is 2.00 bits per heavy atom. The summed E-state index contributed by atoms with van der Waals surface area (Å²) in [6, 6.07) is 0. The standard InChI is InChI=1S/C9H14O4/c1-5-9(13-8(4)11)6(2)12-7(3)10/h5-6,9H,1H2,2-4H3. The summed E-state index contributed by atoms with van der Waals surface area (Å²) in [7, 11) is 0. The van der Waals surface area contributed by atoms with Crippen LogP contribution in [0.1, 0.15) is 20.8 Å². The number of hydrogen-bond donors (Lipinski definition) is 0. The van der Waals surface area contributed by atoms with Crippen LogP contribution >= 0.6 is 0 Å². The van der Waals surface area contributed by atoms with E-state index in [1.807, 2.05) is 0 Å². The molecule has 0 aliphatic heterocycles. The van der Waals surface area contributed by atoms with Gasteiger partial charge in [-0.15, -0.1) is 0 Å². The molecule has 13 heavy (non-hydrogen) atoms. The highest BCUT2D eigenvalue weighted by Gasteiger charge is 2.18. The van der Waals surface area contributed by atoms with E-state index in [0.29, 0.717) is 0 Å². The van der Waals surface area contributed by atoms with Crippen LogP contribution in [0.3, 0.4) is 0 Å². The van der Waals surface area contributed by atoms with Crippen LogP contribution in [-0.2, 0) is 19.1 Å². The lowest BCUT2D eigenvalue weighted by atomic mass is 10.2. The minimum Gasteiger partial charge on any atom is -0.459 e. The molecule has 0 heterocycles. The molecule has 74 valence electrons. The SMILES string of the molecule is C=CC(OC(C)=O)C(C)OC(C)=O. The molecule has 0 rings (SSSR count). The van der Waals surface area contributed by atoms with Crippen molar-refractivity contribution in [3.63, 3.8) is 0 Å². The van der Waals surface area contributed by atoms with Crippen molar-refractivity contribution in [3.05, 3.63) is 12.7 Å². The van der Waals surface area contributed by atoms with E-state index >= 15 is 0 Å².